The van der Waals surface area contributed by atoms with E-state index in [0.717, 1.165) is 5.56 Å². The van der Waals surface area contributed by atoms with Gasteiger partial charge in [0.05, 0.1) is 6.61 Å². The van der Waals surface area contributed by atoms with Crippen LogP contribution < -0.4 is 0 Å². The van der Waals surface area contributed by atoms with Crippen LogP contribution in [0.1, 0.15) is 63.9 Å². The summed E-state index contributed by atoms with van der Waals surface area (Å²) in [5.74, 6) is 1.20. The molecule has 0 fully saturated rings. The molecule has 0 saturated carbocycles. The predicted octanol–water partition coefficient (Wildman–Crippen LogP) is 5.41. The minimum Gasteiger partial charge on any atom is -0.392 e. The van der Waals surface area contributed by atoms with E-state index in [2.05, 4.69) is 19.1 Å². The zero-order chi connectivity index (χ0) is 13.8. The molecule has 0 saturated heterocycles. The summed E-state index contributed by atoms with van der Waals surface area (Å²) in [7, 11) is 0. The molecule has 0 aromatic heterocycles. The zero-order valence-electron chi connectivity index (χ0n) is 12.2. The van der Waals surface area contributed by atoms with Gasteiger partial charge in [-0.3, -0.25) is 0 Å². The number of hydrogen-bond donors (Lipinski definition) is 1. The van der Waals surface area contributed by atoms with Gasteiger partial charge in [0.2, 0.25) is 0 Å². The van der Waals surface area contributed by atoms with Gasteiger partial charge in [-0.25, -0.2) is 0 Å². The minimum absolute atomic E-state index is 0.145. The highest BCUT2D eigenvalue weighted by atomic mass is 32.2. The van der Waals surface area contributed by atoms with Crippen LogP contribution in [-0.2, 0) is 6.61 Å². The summed E-state index contributed by atoms with van der Waals surface area (Å²) in [4.78, 5) is 1.29. The first kappa shape index (κ1) is 16.6. The third-order valence-electron chi connectivity index (χ3n) is 3.35. The van der Waals surface area contributed by atoms with Crippen LogP contribution in [0.2, 0.25) is 0 Å². The Balaban J connectivity index is 1.98. The highest BCUT2D eigenvalue weighted by molar-refractivity contribution is 7.99. The molecule has 1 aromatic carbocycles. The number of benzene rings is 1. The molecule has 0 heterocycles. The minimum atomic E-state index is 0.145. The van der Waals surface area contributed by atoms with Gasteiger partial charge < -0.3 is 5.11 Å². The van der Waals surface area contributed by atoms with Gasteiger partial charge in [-0.05, 0) is 29.9 Å². The summed E-state index contributed by atoms with van der Waals surface area (Å²) in [6.07, 6.45) is 11.0. The maximum Gasteiger partial charge on any atom is 0.0682 e. The lowest BCUT2D eigenvalue weighted by Gasteiger charge is -2.04. The lowest BCUT2D eigenvalue weighted by Crippen LogP contribution is -1.85. The van der Waals surface area contributed by atoms with Crippen molar-refractivity contribution < 1.29 is 5.11 Å². The number of aliphatic hydroxyl groups is 1. The Bertz CT molecular complexity index is 325. The van der Waals surface area contributed by atoms with E-state index in [-0.39, 0.29) is 6.61 Å². The topological polar surface area (TPSA) is 20.2 Å². The highest BCUT2D eigenvalue weighted by Gasteiger charge is 1.97. The van der Waals surface area contributed by atoms with Crippen molar-refractivity contribution >= 4 is 11.8 Å². The van der Waals surface area contributed by atoms with Crippen LogP contribution in [0.5, 0.6) is 0 Å². The standard InChI is InChI=1S/C17H28OS/c1-2-3-4-5-6-7-8-9-13-19-17-12-10-11-16(14-17)15-18/h10-12,14,18H,2-9,13,15H2,1H3. The summed E-state index contributed by atoms with van der Waals surface area (Å²) in [6.45, 7) is 2.41. The van der Waals surface area contributed by atoms with Crippen molar-refractivity contribution in [3.63, 3.8) is 0 Å². The molecule has 1 rings (SSSR count). The lowest BCUT2D eigenvalue weighted by molar-refractivity contribution is 0.281. The fourth-order valence-electron chi connectivity index (χ4n) is 2.16. The van der Waals surface area contributed by atoms with E-state index < -0.39 is 0 Å². The molecular weight excluding hydrogens is 252 g/mol. The van der Waals surface area contributed by atoms with E-state index in [1.807, 2.05) is 23.9 Å². The average Bonchev–Trinajstić information content (AvgIpc) is 2.46. The quantitative estimate of drug-likeness (QED) is 0.432. The third kappa shape index (κ3) is 8.33. The van der Waals surface area contributed by atoms with Crippen molar-refractivity contribution in [2.24, 2.45) is 0 Å². The first-order valence-corrected chi connectivity index (χ1v) is 8.68. The van der Waals surface area contributed by atoms with E-state index >= 15 is 0 Å². The second-order valence-electron chi connectivity index (χ2n) is 5.13. The maximum atomic E-state index is 9.08. The molecule has 0 amide bonds. The smallest absolute Gasteiger partial charge is 0.0682 e. The predicted molar refractivity (Wildman–Crippen MR) is 85.7 cm³/mol. The Labute approximate surface area is 122 Å². The van der Waals surface area contributed by atoms with Crippen molar-refractivity contribution in [2.45, 2.75) is 69.8 Å². The number of hydrogen-bond acceptors (Lipinski definition) is 2. The summed E-state index contributed by atoms with van der Waals surface area (Å²) in [6, 6.07) is 8.23. The van der Waals surface area contributed by atoms with Gasteiger partial charge in [0.1, 0.15) is 0 Å². The van der Waals surface area contributed by atoms with E-state index in [0.29, 0.717) is 0 Å². The van der Waals surface area contributed by atoms with Gasteiger partial charge in [-0.1, -0.05) is 64.0 Å². The first-order chi connectivity index (χ1) is 9.36. The second-order valence-corrected chi connectivity index (χ2v) is 6.30. The molecule has 0 aliphatic heterocycles. The van der Waals surface area contributed by atoms with Crippen molar-refractivity contribution in [1.29, 1.82) is 0 Å². The molecule has 1 N–H and O–H groups in total. The molecule has 1 aromatic rings. The van der Waals surface area contributed by atoms with Crippen molar-refractivity contribution in [2.75, 3.05) is 5.75 Å². The highest BCUT2D eigenvalue weighted by Crippen LogP contribution is 2.21. The van der Waals surface area contributed by atoms with Crippen molar-refractivity contribution in [3.05, 3.63) is 29.8 Å². The fourth-order valence-corrected chi connectivity index (χ4v) is 3.15. The van der Waals surface area contributed by atoms with E-state index in [4.69, 9.17) is 5.11 Å². The van der Waals surface area contributed by atoms with Crippen LogP contribution in [0.25, 0.3) is 0 Å². The molecule has 0 aliphatic carbocycles. The van der Waals surface area contributed by atoms with Gasteiger partial charge in [0.25, 0.3) is 0 Å². The third-order valence-corrected chi connectivity index (χ3v) is 4.43. The number of unbranched alkanes of at least 4 members (excludes halogenated alkanes) is 7. The summed E-state index contributed by atoms with van der Waals surface area (Å²) < 4.78 is 0. The molecule has 0 bridgehead atoms. The van der Waals surface area contributed by atoms with Crippen LogP contribution in [0.15, 0.2) is 29.2 Å². The van der Waals surface area contributed by atoms with E-state index in [9.17, 15) is 0 Å². The van der Waals surface area contributed by atoms with E-state index in [1.54, 1.807) is 0 Å². The number of rotatable bonds is 11. The largest absolute Gasteiger partial charge is 0.392 e. The lowest BCUT2D eigenvalue weighted by atomic mass is 10.1. The van der Waals surface area contributed by atoms with E-state index in [1.165, 1.54) is 62.0 Å². The monoisotopic (exact) mass is 280 g/mol. The molecule has 0 atom stereocenters. The fraction of sp³-hybridized carbons (Fsp3) is 0.647. The summed E-state index contributed by atoms with van der Waals surface area (Å²) >= 11 is 1.91. The molecular formula is C17H28OS. The average molecular weight is 280 g/mol. The summed E-state index contributed by atoms with van der Waals surface area (Å²) in [5.41, 5.74) is 1.01. The molecule has 108 valence electrons. The summed E-state index contributed by atoms with van der Waals surface area (Å²) in [5, 5.41) is 9.08. The van der Waals surface area contributed by atoms with Gasteiger partial charge in [-0.2, -0.15) is 0 Å². The second kappa shape index (κ2) is 11.4. The van der Waals surface area contributed by atoms with Gasteiger partial charge >= 0.3 is 0 Å². The van der Waals surface area contributed by atoms with Gasteiger partial charge in [-0.15, -0.1) is 11.8 Å². The normalized spacial score (nSPS) is 10.8. The van der Waals surface area contributed by atoms with Gasteiger partial charge in [0.15, 0.2) is 0 Å². The Hall–Kier alpha value is -0.470. The molecule has 2 heteroatoms. The van der Waals surface area contributed by atoms with Crippen LogP contribution in [0, 0.1) is 0 Å². The number of thioether (sulfide) groups is 1. The van der Waals surface area contributed by atoms with Crippen LogP contribution >= 0.6 is 11.8 Å². The van der Waals surface area contributed by atoms with Crippen LogP contribution in [0.4, 0.5) is 0 Å². The molecule has 0 spiro atoms. The SMILES string of the molecule is CCCCCCCCCCSc1cccc(CO)c1. The van der Waals surface area contributed by atoms with Crippen molar-refractivity contribution in [3.8, 4) is 0 Å². The Morgan fingerprint density at radius 2 is 1.63 bits per heavy atom. The maximum absolute atomic E-state index is 9.08. The molecule has 19 heavy (non-hydrogen) atoms. The van der Waals surface area contributed by atoms with Crippen LogP contribution in [-0.4, -0.2) is 10.9 Å². The zero-order valence-corrected chi connectivity index (χ0v) is 13.1. The molecule has 0 aliphatic rings. The molecule has 1 nitrogen and oxygen atoms in total. The molecule has 0 unspecified atom stereocenters. The molecule has 0 radical (unpaired) electrons. The van der Waals surface area contributed by atoms with Crippen LogP contribution in [0.3, 0.4) is 0 Å². The Morgan fingerprint density at radius 1 is 0.947 bits per heavy atom. The van der Waals surface area contributed by atoms with Gasteiger partial charge in [0, 0.05) is 4.90 Å². The Kier molecular flexibility index (Phi) is 9.92. The Morgan fingerprint density at radius 3 is 2.32 bits per heavy atom. The number of aliphatic hydroxyl groups excluding tert-OH is 1. The van der Waals surface area contributed by atoms with Crippen molar-refractivity contribution in [1.82, 2.24) is 0 Å². The first-order valence-electron chi connectivity index (χ1n) is 7.69.